The molecule has 0 bridgehead atoms. The maximum absolute atomic E-state index is 12.8. The van der Waals surface area contributed by atoms with E-state index in [1.165, 1.54) is 12.1 Å². The van der Waals surface area contributed by atoms with Gasteiger partial charge in [0.25, 0.3) is 0 Å². The normalized spacial score (nSPS) is 13.0. The molecule has 0 aliphatic carbocycles. The Hall–Kier alpha value is -0.450. The summed E-state index contributed by atoms with van der Waals surface area (Å²) in [6.45, 7) is 0.315. The van der Waals surface area contributed by atoms with Gasteiger partial charge in [0.2, 0.25) is 0 Å². The van der Waals surface area contributed by atoms with Crippen LogP contribution < -0.4 is 11.5 Å². The monoisotopic (exact) mass is 232 g/mol. The minimum absolute atomic E-state index is 0.294. The van der Waals surface area contributed by atoms with E-state index in [4.69, 9.17) is 11.5 Å². The lowest BCUT2D eigenvalue weighted by Gasteiger charge is -2.09. The molecule has 1 rings (SSSR count). The van der Waals surface area contributed by atoms with Gasteiger partial charge in [0.1, 0.15) is 5.82 Å². The van der Waals surface area contributed by atoms with Crippen LogP contribution in [0.5, 0.6) is 0 Å². The Kier molecular flexibility index (Phi) is 3.20. The van der Waals surface area contributed by atoms with Crippen molar-refractivity contribution in [3.05, 3.63) is 34.1 Å². The lowest BCUT2D eigenvalue weighted by molar-refractivity contribution is 0.619. The predicted molar refractivity (Wildman–Crippen MR) is 50.1 cm³/mol. The predicted octanol–water partition coefficient (Wildman–Crippen LogP) is 1.55. The van der Waals surface area contributed by atoms with Crippen molar-refractivity contribution < 1.29 is 4.39 Å². The Morgan fingerprint density at radius 1 is 1.42 bits per heavy atom. The zero-order chi connectivity index (χ0) is 9.14. The van der Waals surface area contributed by atoms with Gasteiger partial charge in [-0.15, -0.1) is 0 Å². The molecule has 0 saturated carbocycles. The summed E-state index contributed by atoms with van der Waals surface area (Å²) in [5.41, 5.74) is 11.7. The van der Waals surface area contributed by atoms with E-state index in [1.54, 1.807) is 6.07 Å². The molecular formula is C8H10BrFN2. The van der Waals surface area contributed by atoms with Gasteiger partial charge >= 0.3 is 0 Å². The molecule has 0 heterocycles. The first-order valence-electron chi connectivity index (χ1n) is 3.55. The minimum atomic E-state index is -0.303. The van der Waals surface area contributed by atoms with E-state index in [-0.39, 0.29) is 11.9 Å². The first-order chi connectivity index (χ1) is 5.63. The number of halogens is 2. The van der Waals surface area contributed by atoms with Crippen molar-refractivity contribution in [2.45, 2.75) is 6.04 Å². The van der Waals surface area contributed by atoms with E-state index in [1.807, 2.05) is 0 Å². The molecule has 0 aliphatic rings. The molecule has 66 valence electrons. The largest absolute Gasteiger partial charge is 0.329 e. The number of benzene rings is 1. The van der Waals surface area contributed by atoms with Crippen LogP contribution in [0.3, 0.4) is 0 Å². The summed E-state index contributed by atoms with van der Waals surface area (Å²) in [6, 6.07) is 4.24. The van der Waals surface area contributed by atoms with E-state index >= 15 is 0 Å². The van der Waals surface area contributed by atoms with E-state index in [0.717, 1.165) is 0 Å². The van der Waals surface area contributed by atoms with Gasteiger partial charge in [-0.3, -0.25) is 0 Å². The molecule has 1 aromatic carbocycles. The van der Waals surface area contributed by atoms with Gasteiger partial charge in [-0.1, -0.05) is 15.9 Å². The van der Waals surface area contributed by atoms with Crippen molar-refractivity contribution >= 4 is 15.9 Å². The van der Waals surface area contributed by atoms with Gasteiger partial charge in [0, 0.05) is 17.1 Å². The molecule has 12 heavy (non-hydrogen) atoms. The number of rotatable bonds is 2. The molecule has 1 aromatic rings. The van der Waals surface area contributed by atoms with Crippen LogP contribution in [0.25, 0.3) is 0 Å². The number of hydrogen-bond donors (Lipinski definition) is 2. The van der Waals surface area contributed by atoms with E-state index in [0.29, 0.717) is 16.6 Å². The summed E-state index contributed by atoms with van der Waals surface area (Å²) < 4.78 is 13.5. The van der Waals surface area contributed by atoms with Crippen molar-refractivity contribution in [3.63, 3.8) is 0 Å². The molecule has 0 amide bonds. The highest BCUT2D eigenvalue weighted by molar-refractivity contribution is 9.10. The number of nitrogens with two attached hydrogens (primary N) is 2. The van der Waals surface area contributed by atoms with Crippen molar-refractivity contribution in [2.24, 2.45) is 11.5 Å². The van der Waals surface area contributed by atoms with Gasteiger partial charge in [0.05, 0.1) is 0 Å². The molecule has 4 heteroatoms. The molecular weight excluding hydrogens is 223 g/mol. The Labute approximate surface area is 78.9 Å². The summed E-state index contributed by atoms with van der Waals surface area (Å²) in [5.74, 6) is -0.303. The lowest BCUT2D eigenvalue weighted by Crippen LogP contribution is -2.20. The Balaban J connectivity index is 3.00. The zero-order valence-corrected chi connectivity index (χ0v) is 8.01. The van der Waals surface area contributed by atoms with Crippen LogP contribution in [0.4, 0.5) is 4.39 Å². The second kappa shape index (κ2) is 3.98. The minimum Gasteiger partial charge on any atom is -0.329 e. The van der Waals surface area contributed by atoms with Crippen molar-refractivity contribution in [3.8, 4) is 0 Å². The molecule has 0 fully saturated rings. The van der Waals surface area contributed by atoms with Gasteiger partial charge in [-0.25, -0.2) is 4.39 Å². The SMILES string of the molecule is NCC(N)c1cc(F)cc(Br)c1. The maximum atomic E-state index is 12.8. The van der Waals surface area contributed by atoms with Gasteiger partial charge in [0.15, 0.2) is 0 Å². The third-order valence-electron chi connectivity index (χ3n) is 1.57. The van der Waals surface area contributed by atoms with Crippen LogP contribution in [-0.4, -0.2) is 6.54 Å². The average Bonchev–Trinajstić information content (AvgIpc) is 2.01. The second-order valence-corrected chi connectivity index (χ2v) is 3.46. The van der Waals surface area contributed by atoms with E-state index < -0.39 is 0 Å². The smallest absolute Gasteiger partial charge is 0.124 e. The molecule has 0 saturated heterocycles. The fraction of sp³-hybridized carbons (Fsp3) is 0.250. The summed E-state index contributed by atoms with van der Waals surface area (Å²) in [7, 11) is 0. The highest BCUT2D eigenvalue weighted by Crippen LogP contribution is 2.18. The third-order valence-corrected chi connectivity index (χ3v) is 2.02. The highest BCUT2D eigenvalue weighted by Gasteiger charge is 2.05. The molecule has 1 unspecified atom stereocenters. The first kappa shape index (κ1) is 9.64. The summed E-state index contributed by atoms with van der Waals surface area (Å²) >= 11 is 3.17. The fourth-order valence-corrected chi connectivity index (χ4v) is 1.41. The molecule has 0 radical (unpaired) electrons. The molecule has 0 aromatic heterocycles. The van der Waals surface area contributed by atoms with Crippen molar-refractivity contribution in [2.75, 3.05) is 6.54 Å². The summed E-state index contributed by atoms with van der Waals surface area (Å²) in [5, 5.41) is 0. The zero-order valence-electron chi connectivity index (χ0n) is 6.43. The van der Waals surface area contributed by atoms with Gasteiger partial charge in [-0.2, -0.15) is 0 Å². The van der Waals surface area contributed by atoms with Crippen LogP contribution in [0.15, 0.2) is 22.7 Å². The number of hydrogen-bond acceptors (Lipinski definition) is 2. The van der Waals surface area contributed by atoms with Gasteiger partial charge < -0.3 is 11.5 Å². The van der Waals surface area contributed by atoms with Crippen LogP contribution in [0, 0.1) is 5.82 Å². The van der Waals surface area contributed by atoms with Crippen LogP contribution in [0.2, 0.25) is 0 Å². The van der Waals surface area contributed by atoms with Crippen LogP contribution in [-0.2, 0) is 0 Å². The van der Waals surface area contributed by atoms with Crippen molar-refractivity contribution in [1.29, 1.82) is 0 Å². The molecule has 0 aliphatic heterocycles. The summed E-state index contributed by atoms with van der Waals surface area (Å²) in [6.07, 6.45) is 0. The topological polar surface area (TPSA) is 52.0 Å². The third kappa shape index (κ3) is 2.27. The lowest BCUT2D eigenvalue weighted by atomic mass is 10.1. The summed E-state index contributed by atoms with van der Waals surface area (Å²) in [4.78, 5) is 0. The van der Waals surface area contributed by atoms with E-state index in [2.05, 4.69) is 15.9 Å². The maximum Gasteiger partial charge on any atom is 0.124 e. The van der Waals surface area contributed by atoms with Gasteiger partial charge in [-0.05, 0) is 23.8 Å². The fourth-order valence-electron chi connectivity index (χ4n) is 0.925. The average molecular weight is 233 g/mol. The Morgan fingerprint density at radius 2 is 2.08 bits per heavy atom. The second-order valence-electron chi connectivity index (χ2n) is 2.54. The van der Waals surface area contributed by atoms with Crippen LogP contribution in [0.1, 0.15) is 11.6 Å². The molecule has 2 nitrogen and oxygen atoms in total. The van der Waals surface area contributed by atoms with E-state index in [9.17, 15) is 4.39 Å². The standard InChI is InChI=1S/C8H10BrFN2/c9-6-1-5(8(12)4-11)2-7(10)3-6/h1-3,8H,4,11-12H2. The molecule has 0 spiro atoms. The Morgan fingerprint density at radius 3 is 2.58 bits per heavy atom. The van der Waals surface area contributed by atoms with Crippen LogP contribution >= 0.6 is 15.9 Å². The van der Waals surface area contributed by atoms with Crippen molar-refractivity contribution in [1.82, 2.24) is 0 Å². The first-order valence-corrected chi connectivity index (χ1v) is 4.34. The highest BCUT2D eigenvalue weighted by atomic mass is 79.9. The quantitative estimate of drug-likeness (QED) is 0.814. The Bertz CT molecular complexity index is 258. The molecule has 1 atom stereocenters. The molecule has 4 N–H and O–H groups in total.